The fraction of sp³-hybridized carbons (Fsp3) is 0.346. The van der Waals surface area contributed by atoms with Gasteiger partial charge in [0.25, 0.3) is 0 Å². The maximum Gasteiger partial charge on any atom is 0.219 e. The first kappa shape index (κ1) is 22.6. The molecule has 0 spiro atoms. The highest BCUT2D eigenvalue weighted by molar-refractivity contribution is 7.98. The predicted octanol–water partition coefficient (Wildman–Crippen LogP) is 3.89. The smallest absolute Gasteiger partial charge is 0.219 e. The van der Waals surface area contributed by atoms with E-state index in [9.17, 15) is 19.6 Å². The summed E-state index contributed by atoms with van der Waals surface area (Å²) in [7, 11) is 0. The Morgan fingerprint density at radius 3 is 2.88 bits per heavy atom. The van der Waals surface area contributed by atoms with Gasteiger partial charge in [-0.2, -0.15) is 10.4 Å². The Kier molecular flexibility index (Phi) is 5.92. The van der Waals surface area contributed by atoms with E-state index in [1.54, 1.807) is 30.0 Å². The lowest BCUT2D eigenvalue weighted by Crippen LogP contribution is -2.35. The average molecular weight is 477 g/mol. The molecule has 0 fully saturated rings. The van der Waals surface area contributed by atoms with E-state index in [1.807, 2.05) is 23.1 Å². The first-order valence-corrected chi connectivity index (χ1v) is 12.5. The van der Waals surface area contributed by atoms with Crippen LogP contribution in [0.15, 0.2) is 41.3 Å². The molecular formula is C26H25FN4O2S. The number of nitrogens with zero attached hydrogens (tertiary/aromatic N) is 4. The molecule has 2 aliphatic rings. The van der Waals surface area contributed by atoms with Crippen LogP contribution in [-0.4, -0.2) is 44.6 Å². The molecule has 1 unspecified atom stereocenters. The summed E-state index contributed by atoms with van der Waals surface area (Å²) in [5.41, 5.74) is 5.95. The summed E-state index contributed by atoms with van der Waals surface area (Å²) >= 11 is 1.49. The number of amides is 1. The summed E-state index contributed by atoms with van der Waals surface area (Å²) in [5, 5.41) is 25.2. The zero-order chi connectivity index (χ0) is 24.0. The standard InChI is InChI=1S/C26H25FN4O2S/c1-15(32)30-7-6-23-22(13-30)26(17-5-3-4-16(8-17)12-28)29-31(23)14-21-19-9-18(27)10-25(34-2)20(19)11-24(21)33/h3-5,8-10,21,24,33H,6-7,11,13-14H2,1-2H3/t21?,24-/m1/s1. The van der Waals surface area contributed by atoms with Crippen LogP contribution < -0.4 is 0 Å². The van der Waals surface area contributed by atoms with Gasteiger partial charge in [0.2, 0.25) is 5.91 Å². The van der Waals surface area contributed by atoms with E-state index in [4.69, 9.17) is 5.10 Å². The Morgan fingerprint density at radius 2 is 2.15 bits per heavy atom. The van der Waals surface area contributed by atoms with Crippen molar-refractivity contribution in [3.63, 3.8) is 0 Å². The molecule has 34 heavy (non-hydrogen) atoms. The molecule has 174 valence electrons. The molecule has 0 bridgehead atoms. The predicted molar refractivity (Wildman–Crippen MR) is 128 cm³/mol. The number of fused-ring (bicyclic) bond motifs is 2. The summed E-state index contributed by atoms with van der Waals surface area (Å²) in [6, 6.07) is 12.5. The average Bonchev–Trinajstić information content (AvgIpc) is 3.36. The molecular weight excluding hydrogens is 451 g/mol. The van der Waals surface area contributed by atoms with Gasteiger partial charge in [0.05, 0.1) is 30.0 Å². The molecule has 1 aliphatic carbocycles. The maximum absolute atomic E-state index is 14.4. The number of rotatable bonds is 4. The van der Waals surface area contributed by atoms with Gasteiger partial charge < -0.3 is 10.0 Å². The number of carbonyl (C=O) groups excluding carboxylic acids is 1. The minimum atomic E-state index is -0.620. The largest absolute Gasteiger partial charge is 0.392 e. The van der Waals surface area contributed by atoms with Gasteiger partial charge in [0.15, 0.2) is 0 Å². The van der Waals surface area contributed by atoms with Crippen molar-refractivity contribution in [2.45, 2.75) is 49.8 Å². The van der Waals surface area contributed by atoms with Crippen molar-refractivity contribution in [3.8, 4) is 17.3 Å². The number of hydrogen-bond donors (Lipinski definition) is 1. The minimum Gasteiger partial charge on any atom is -0.392 e. The normalized spacial score (nSPS) is 19.0. The number of thioether (sulfide) groups is 1. The quantitative estimate of drug-likeness (QED) is 0.578. The summed E-state index contributed by atoms with van der Waals surface area (Å²) in [6.07, 6.45) is 2.44. The third kappa shape index (κ3) is 3.89. The van der Waals surface area contributed by atoms with Crippen molar-refractivity contribution in [1.29, 1.82) is 5.26 Å². The molecule has 2 aromatic carbocycles. The van der Waals surface area contributed by atoms with Crippen LogP contribution in [0.2, 0.25) is 0 Å². The molecule has 1 aromatic heterocycles. The molecule has 0 saturated heterocycles. The van der Waals surface area contributed by atoms with Gasteiger partial charge in [-0.05, 0) is 41.6 Å². The van der Waals surface area contributed by atoms with E-state index < -0.39 is 6.10 Å². The molecule has 6 nitrogen and oxygen atoms in total. The molecule has 1 N–H and O–H groups in total. The fourth-order valence-electron chi connectivity index (χ4n) is 5.21. The zero-order valence-electron chi connectivity index (χ0n) is 19.1. The van der Waals surface area contributed by atoms with Crippen LogP contribution in [0.25, 0.3) is 11.3 Å². The molecule has 5 rings (SSSR count). The number of nitriles is 1. The van der Waals surface area contributed by atoms with Gasteiger partial charge in [-0.25, -0.2) is 4.39 Å². The van der Waals surface area contributed by atoms with Crippen molar-refractivity contribution >= 4 is 17.7 Å². The molecule has 8 heteroatoms. The molecule has 0 radical (unpaired) electrons. The van der Waals surface area contributed by atoms with Gasteiger partial charge in [-0.15, -0.1) is 11.8 Å². The second kappa shape index (κ2) is 8.90. The Bertz CT molecular complexity index is 1330. The summed E-state index contributed by atoms with van der Waals surface area (Å²) in [5.74, 6) is -0.559. The molecule has 0 saturated carbocycles. The van der Waals surface area contributed by atoms with E-state index >= 15 is 0 Å². The lowest BCUT2D eigenvalue weighted by Gasteiger charge is -2.27. The van der Waals surface area contributed by atoms with Gasteiger partial charge in [0, 0.05) is 60.5 Å². The van der Waals surface area contributed by atoms with Gasteiger partial charge >= 0.3 is 0 Å². The van der Waals surface area contributed by atoms with Crippen LogP contribution in [0.1, 0.15) is 40.8 Å². The Morgan fingerprint density at radius 1 is 1.32 bits per heavy atom. The first-order valence-electron chi connectivity index (χ1n) is 11.3. The summed E-state index contributed by atoms with van der Waals surface area (Å²) in [6.45, 7) is 3.04. The van der Waals surface area contributed by atoms with Crippen molar-refractivity contribution in [3.05, 3.63) is 70.2 Å². The van der Waals surface area contributed by atoms with Gasteiger partial charge in [0.1, 0.15) is 5.82 Å². The maximum atomic E-state index is 14.4. The van der Waals surface area contributed by atoms with Crippen LogP contribution in [0.3, 0.4) is 0 Å². The number of aliphatic hydroxyl groups is 1. The first-order chi connectivity index (χ1) is 16.4. The van der Waals surface area contributed by atoms with Crippen LogP contribution in [0, 0.1) is 17.1 Å². The Balaban J connectivity index is 1.58. The fourth-order valence-corrected chi connectivity index (χ4v) is 5.88. The van der Waals surface area contributed by atoms with E-state index in [1.165, 1.54) is 17.8 Å². The number of carbonyl (C=O) groups is 1. The lowest BCUT2D eigenvalue weighted by molar-refractivity contribution is -0.129. The van der Waals surface area contributed by atoms with Crippen LogP contribution >= 0.6 is 11.8 Å². The highest BCUT2D eigenvalue weighted by Crippen LogP contribution is 2.41. The minimum absolute atomic E-state index is 0.00957. The van der Waals surface area contributed by atoms with Gasteiger partial charge in [-0.3, -0.25) is 9.48 Å². The van der Waals surface area contributed by atoms with Crippen molar-refractivity contribution < 1.29 is 14.3 Å². The van der Waals surface area contributed by atoms with Crippen LogP contribution in [0.4, 0.5) is 4.39 Å². The highest BCUT2D eigenvalue weighted by Gasteiger charge is 2.35. The second-order valence-electron chi connectivity index (χ2n) is 8.89. The van der Waals surface area contributed by atoms with Crippen LogP contribution in [0.5, 0.6) is 0 Å². The lowest BCUT2D eigenvalue weighted by atomic mass is 9.98. The second-order valence-corrected chi connectivity index (χ2v) is 9.74. The third-order valence-electron chi connectivity index (χ3n) is 6.92. The summed E-state index contributed by atoms with van der Waals surface area (Å²) in [4.78, 5) is 14.8. The number of hydrogen-bond acceptors (Lipinski definition) is 5. The Hall–Kier alpha value is -3.15. The molecule has 2 heterocycles. The third-order valence-corrected chi connectivity index (χ3v) is 7.72. The van der Waals surface area contributed by atoms with E-state index in [-0.39, 0.29) is 17.6 Å². The number of halogens is 1. The number of benzene rings is 2. The van der Waals surface area contributed by atoms with E-state index in [0.717, 1.165) is 38.5 Å². The van der Waals surface area contributed by atoms with Crippen molar-refractivity contribution in [1.82, 2.24) is 14.7 Å². The monoisotopic (exact) mass is 476 g/mol. The van der Waals surface area contributed by atoms with Gasteiger partial charge in [-0.1, -0.05) is 12.1 Å². The summed E-state index contributed by atoms with van der Waals surface area (Å²) < 4.78 is 16.3. The molecule has 3 aromatic rings. The zero-order valence-corrected chi connectivity index (χ0v) is 19.9. The van der Waals surface area contributed by atoms with Crippen molar-refractivity contribution in [2.24, 2.45) is 0 Å². The highest BCUT2D eigenvalue weighted by atomic mass is 32.2. The molecule has 1 aliphatic heterocycles. The van der Waals surface area contributed by atoms with Crippen LogP contribution in [-0.2, 0) is 30.7 Å². The van der Waals surface area contributed by atoms with E-state index in [2.05, 4.69) is 6.07 Å². The number of aromatic nitrogens is 2. The topological polar surface area (TPSA) is 82.2 Å². The molecule has 1 amide bonds. The van der Waals surface area contributed by atoms with Crippen molar-refractivity contribution in [2.75, 3.05) is 12.8 Å². The molecule has 2 atom stereocenters. The number of aliphatic hydroxyl groups excluding tert-OH is 1. The Labute approximate surface area is 202 Å². The van der Waals surface area contributed by atoms with E-state index in [0.29, 0.717) is 38.0 Å². The SMILES string of the molecule is CSc1cc(F)cc2c1C[C@@H](O)C2Cn1nc(-c2cccc(C#N)c2)c2c1CCN(C(C)=O)C2.